The average Bonchev–Trinajstić information content (AvgIpc) is 2.47. The van der Waals surface area contributed by atoms with Crippen LogP contribution in [0.5, 0.6) is 0 Å². The third kappa shape index (κ3) is 5.94. The number of nitrogens with one attached hydrogen (secondary N) is 1. The minimum Gasteiger partial charge on any atom is -0.345 e. The van der Waals surface area contributed by atoms with E-state index < -0.39 is 23.5 Å². The fourth-order valence-electron chi connectivity index (χ4n) is 2.28. The van der Waals surface area contributed by atoms with Crippen LogP contribution in [0.25, 0.3) is 0 Å². The van der Waals surface area contributed by atoms with Crippen LogP contribution in [0.15, 0.2) is 24.3 Å². The number of benzene rings is 1. The third-order valence-corrected chi connectivity index (χ3v) is 3.83. The Kier molecular flexibility index (Phi) is 6.51. The number of amides is 1. The fourth-order valence-corrected chi connectivity index (χ4v) is 2.28. The minimum atomic E-state index is -4.97. The van der Waals surface area contributed by atoms with Gasteiger partial charge in [0, 0.05) is 17.9 Å². The van der Waals surface area contributed by atoms with Gasteiger partial charge in [-0.15, -0.1) is 0 Å². The molecule has 134 valence electrons. The van der Waals surface area contributed by atoms with Gasteiger partial charge in [0.05, 0.1) is 0 Å². The SMILES string of the molecule is CCC(CC(=O)C(C)(C)Cc1ccc(F)cc1)NC(=O)C(F)(F)F. The topological polar surface area (TPSA) is 46.2 Å². The molecule has 0 fully saturated rings. The summed E-state index contributed by atoms with van der Waals surface area (Å²) in [6.07, 6.45) is -4.62. The van der Waals surface area contributed by atoms with E-state index in [0.717, 1.165) is 5.56 Å². The molecule has 24 heavy (non-hydrogen) atoms. The Morgan fingerprint density at radius 2 is 1.67 bits per heavy atom. The molecule has 3 nitrogen and oxygen atoms in total. The lowest BCUT2D eigenvalue weighted by molar-refractivity contribution is -0.174. The van der Waals surface area contributed by atoms with Gasteiger partial charge < -0.3 is 5.32 Å². The van der Waals surface area contributed by atoms with E-state index >= 15 is 0 Å². The standard InChI is InChI=1S/C17H21F4NO2/c1-4-13(22-15(24)17(19,20)21)9-14(23)16(2,3)10-11-5-7-12(18)8-6-11/h5-8,13H,4,9-10H2,1-3H3,(H,22,24). The molecule has 0 saturated carbocycles. The van der Waals surface area contributed by atoms with E-state index in [0.29, 0.717) is 6.42 Å². The Bertz CT molecular complexity index is 579. The highest BCUT2D eigenvalue weighted by Crippen LogP contribution is 2.26. The number of hydrogen-bond acceptors (Lipinski definition) is 2. The summed E-state index contributed by atoms with van der Waals surface area (Å²) >= 11 is 0. The summed E-state index contributed by atoms with van der Waals surface area (Å²) in [7, 11) is 0. The Morgan fingerprint density at radius 1 is 1.12 bits per heavy atom. The molecule has 0 saturated heterocycles. The normalized spacial score (nSPS) is 13.5. The molecule has 1 aromatic rings. The minimum absolute atomic E-state index is 0.188. The summed E-state index contributed by atoms with van der Waals surface area (Å²) in [5.41, 5.74) is -0.0871. The lowest BCUT2D eigenvalue weighted by atomic mass is 9.79. The number of alkyl halides is 3. The summed E-state index contributed by atoms with van der Waals surface area (Å²) in [5.74, 6) is -2.69. The molecule has 1 rings (SSSR count). The average molecular weight is 347 g/mol. The molecule has 1 aromatic carbocycles. The predicted octanol–water partition coefficient (Wildman–Crippen LogP) is 3.81. The highest BCUT2D eigenvalue weighted by molar-refractivity contribution is 5.86. The van der Waals surface area contributed by atoms with Crippen LogP contribution >= 0.6 is 0 Å². The van der Waals surface area contributed by atoms with Crippen molar-refractivity contribution in [2.75, 3.05) is 0 Å². The Balaban J connectivity index is 2.72. The number of rotatable bonds is 7. The van der Waals surface area contributed by atoms with E-state index in [1.807, 2.05) is 5.32 Å². The fraction of sp³-hybridized carbons (Fsp3) is 0.529. The van der Waals surface area contributed by atoms with Gasteiger partial charge >= 0.3 is 12.1 Å². The van der Waals surface area contributed by atoms with Crippen LogP contribution in [-0.2, 0) is 16.0 Å². The third-order valence-electron chi connectivity index (χ3n) is 3.83. The van der Waals surface area contributed by atoms with Crippen molar-refractivity contribution in [1.82, 2.24) is 5.32 Å². The second-order valence-corrected chi connectivity index (χ2v) is 6.39. The largest absolute Gasteiger partial charge is 0.471 e. The van der Waals surface area contributed by atoms with Crippen LogP contribution in [0, 0.1) is 11.2 Å². The molecule has 0 bridgehead atoms. The van der Waals surface area contributed by atoms with Gasteiger partial charge in [0.1, 0.15) is 11.6 Å². The molecule has 1 unspecified atom stereocenters. The van der Waals surface area contributed by atoms with E-state index in [9.17, 15) is 27.2 Å². The summed E-state index contributed by atoms with van der Waals surface area (Å²) in [4.78, 5) is 23.4. The Hall–Kier alpha value is -1.92. The molecule has 1 N–H and O–H groups in total. The highest BCUT2D eigenvalue weighted by atomic mass is 19.4. The molecule has 0 aliphatic carbocycles. The molecule has 0 heterocycles. The summed E-state index contributed by atoms with van der Waals surface area (Å²) in [6.45, 7) is 4.95. The number of halogens is 4. The molecule has 0 aliphatic rings. The molecule has 7 heteroatoms. The first-order valence-corrected chi connectivity index (χ1v) is 7.61. The van der Waals surface area contributed by atoms with Crippen molar-refractivity contribution in [3.05, 3.63) is 35.6 Å². The molecule has 0 aromatic heterocycles. The second-order valence-electron chi connectivity index (χ2n) is 6.39. The first-order valence-electron chi connectivity index (χ1n) is 7.61. The van der Waals surface area contributed by atoms with Crippen LogP contribution in [0.4, 0.5) is 17.6 Å². The van der Waals surface area contributed by atoms with E-state index in [2.05, 4.69) is 0 Å². The molecule has 1 amide bonds. The number of ketones is 1. The highest BCUT2D eigenvalue weighted by Gasteiger charge is 2.40. The van der Waals surface area contributed by atoms with Gasteiger partial charge in [-0.05, 0) is 30.5 Å². The number of Topliss-reactive ketones (excluding diaryl/α,β-unsaturated/α-hetero) is 1. The maximum atomic E-state index is 12.9. The molecule has 0 spiro atoms. The zero-order valence-corrected chi connectivity index (χ0v) is 13.8. The predicted molar refractivity (Wildman–Crippen MR) is 81.8 cm³/mol. The van der Waals surface area contributed by atoms with E-state index in [4.69, 9.17) is 0 Å². The maximum absolute atomic E-state index is 12.9. The van der Waals surface area contributed by atoms with Crippen LogP contribution in [0.2, 0.25) is 0 Å². The molecule has 1 atom stereocenters. The summed E-state index contributed by atoms with van der Waals surface area (Å²) < 4.78 is 49.8. The van der Waals surface area contributed by atoms with Gasteiger partial charge in [0.15, 0.2) is 0 Å². The molecule has 0 radical (unpaired) electrons. The smallest absolute Gasteiger partial charge is 0.345 e. The van der Waals surface area contributed by atoms with Crippen molar-refractivity contribution < 1.29 is 27.2 Å². The Labute approximate surface area is 138 Å². The number of carbonyl (C=O) groups is 2. The Morgan fingerprint density at radius 3 is 2.12 bits per heavy atom. The van der Waals surface area contributed by atoms with Crippen molar-refractivity contribution in [3.8, 4) is 0 Å². The van der Waals surface area contributed by atoms with Crippen LogP contribution < -0.4 is 5.32 Å². The molecular weight excluding hydrogens is 326 g/mol. The zero-order valence-electron chi connectivity index (χ0n) is 13.8. The van der Waals surface area contributed by atoms with Gasteiger partial charge in [-0.3, -0.25) is 9.59 Å². The second kappa shape index (κ2) is 7.77. The van der Waals surface area contributed by atoms with Crippen LogP contribution in [-0.4, -0.2) is 23.9 Å². The summed E-state index contributed by atoms with van der Waals surface area (Å²) in [6, 6.07) is 4.82. The van der Waals surface area contributed by atoms with Crippen LogP contribution in [0.3, 0.4) is 0 Å². The lowest BCUT2D eigenvalue weighted by Gasteiger charge is -2.26. The van der Waals surface area contributed by atoms with Gasteiger partial charge in [-0.2, -0.15) is 13.2 Å². The van der Waals surface area contributed by atoms with Crippen molar-refractivity contribution in [2.45, 2.75) is 52.3 Å². The van der Waals surface area contributed by atoms with Crippen molar-refractivity contribution in [1.29, 1.82) is 0 Å². The number of carbonyl (C=O) groups excluding carboxylic acids is 2. The van der Waals surface area contributed by atoms with Crippen molar-refractivity contribution in [2.24, 2.45) is 5.41 Å². The number of hydrogen-bond donors (Lipinski definition) is 1. The lowest BCUT2D eigenvalue weighted by Crippen LogP contribution is -2.45. The van der Waals surface area contributed by atoms with E-state index in [-0.39, 0.29) is 24.4 Å². The van der Waals surface area contributed by atoms with Gasteiger partial charge in [-0.1, -0.05) is 32.9 Å². The molecular formula is C17H21F4NO2. The monoisotopic (exact) mass is 347 g/mol. The molecule has 0 aliphatic heterocycles. The zero-order chi connectivity index (χ0) is 18.5. The maximum Gasteiger partial charge on any atom is 0.471 e. The van der Waals surface area contributed by atoms with Gasteiger partial charge in [-0.25, -0.2) is 4.39 Å². The van der Waals surface area contributed by atoms with Gasteiger partial charge in [0.2, 0.25) is 0 Å². The van der Waals surface area contributed by atoms with Crippen LogP contribution in [0.1, 0.15) is 39.2 Å². The van der Waals surface area contributed by atoms with Crippen molar-refractivity contribution in [3.63, 3.8) is 0 Å². The van der Waals surface area contributed by atoms with E-state index in [1.165, 1.54) is 12.1 Å². The van der Waals surface area contributed by atoms with Gasteiger partial charge in [0.25, 0.3) is 0 Å². The summed E-state index contributed by atoms with van der Waals surface area (Å²) in [5, 5.41) is 1.85. The first-order chi connectivity index (χ1) is 11.0. The van der Waals surface area contributed by atoms with E-state index in [1.54, 1.807) is 32.9 Å². The first kappa shape index (κ1) is 20.1. The quantitative estimate of drug-likeness (QED) is 0.763. The van der Waals surface area contributed by atoms with Crippen molar-refractivity contribution >= 4 is 11.7 Å².